The minimum Gasteiger partial charge on any atom is -0.508 e. The molecule has 1 aliphatic carbocycles. The largest absolute Gasteiger partial charge is 0.508 e. The standard InChI is InChI=1S/C14H15NO3/c1-2-18-14(17)11-7-10(11)13-6-8-5-9(16)3-4-12(8)15-13/h3-6,10-11,15-16H,2,7H2,1H3. The summed E-state index contributed by atoms with van der Waals surface area (Å²) in [6.07, 6.45) is 0.845. The van der Waals surface area contributed by atoms with Crippen molar-refractivity contribution in [3.8, 4) is 5.75 Å². The average molecular weight is 245 g/mol. The monoisotopic (exact) mass is 245 g/mol. The van der Waals surface area contributed by atoms with E-state index in [2.05, 4.69) is 4.98 Å². The van der Waals surface area contributed by atoms with Gasteiger partial charge in [0.1, 0.15) is 5.75 Å². The number of ether oxygens (including phenoxy) is 1. The molecule has 0 bridgehead atoms. The Kier molecular flexibility index (Phi) is 2.51. The number of phenols is 1. The molecule has 1 saturated carbocycles. The number of rotatable bonds is 3. The summed E-state index contributed by atoms with van der Waals surface area (Å²) in [7, 11) is 0. The van der Waals surface area contributed by atoms with E-state index in [1.54, 1.807) is 12.1 Å². The van der Waals surface area contributed by atoms with E-state index < -0.39 is 0 Å². The number of phenolic OH excluding ortho intramolecular Hbond substituents is 1. The fraction of sp³-hybridized carbons (Fsp3) is 0.357. The van der Waals surface area contributed by atoms with Crippen molar-refractivity contribution in [2.75, 3.05) is 6.61 Å². The summed E-state index contributed by atoms with van der Waals surface area (Å²) in [6.45, 7) is 2.25. The summed E-state index contributed by atoms with van der Waals surface area (Å²) in [4.78, 5) is 14.9. The highest BCUT2D eigenvalue weighted by atomic mass is 16.5. The minimum absolute atomic E-state index is 0.00777. The number of aromatic amines is 1. The maximum absolute atomic E-state index is 11.6. The topological polar surface area (TPSA) is 62.3 Å². The summed E-state index contributed by atoms with van der Waals surface area (Å²) in [6, 6.07) is 7.21. The molecule has 2 unspecified atom stereocenters. The third kappa shape index (κ3) is 1.83. The first-order valence-electron chi connectivity index (χ1n) is 6.17. The summed E-state index contributed by atoms with van der Waals surface area (Å²) < 4.78 is 5.02. The predicted octanol–water partition coefficient (Wildman–Crippen LogP) is 2.54. The molecule has 4 heteroatoms. The van der Waals surface area contributed by atoms with Gasteiger partial charge in [0, 0.05) is 22.5 Å². The van der Waals surface area contributed by atoms with E-state index in [4.69, 9.17) is 4.74 Å². The molecule has 18 heavy (non-hydrogen) atoms. The average Bonchev–Trinajstić information content (AvgIpc) is 3.03. The molecule has 0 radical (unpaired) electrons. The fourth-order valence-electron chi connectivity index (χ4n) is 2.39. The lowest BCUT2D eigenvalue weighted by molar-refractivity contribution is -0.144. The number of H-pyrrole nitrogens is 1. The number of nitrogens with one attached hydrogen (secondary N) is 1. The zero-order chi connectivity index (χ0) is 12.7. The molecule has 1 aromatic carbocycles. The second-order valence-electron chi connectivity index (χ2n) is 4.70. The zero-order valence-electron chi connectivity index (χ0n) is 10.1. The summed E-state index contributed by atoms with van der Waals surface area (Å²) in [5.74, 6) is 0.375. The van der Waals surface area contributed by atoms with Crippen LogP contribution in [-0.4, -0.2) is 22.7 Å². The van der Waals surface area contributed by atoms with Gasteiger partial charge in [-0.1, -0.05) is 0 Å². The van der Waals surface area contributed by atoms with Crippen LogP contribution in [-0.2, 0) is 9.53 Å². The lowest BCUT2D eigenvalue weighted by Crippen LogP contribution is -2.07. The molecule has 2 aromatic rings. The molecule has 0 spiro atoms. The van der Waals surface area contributed by atoms with Crippen LogP contribution in [0.15, 0.2) is 24.3 Å². The zero-order valence-corrected chi connectivity index (χ0v) is 10.1. The molecule has 0 aliphatic heterocycles. The Balaban J connectivity index is 1.82. The van der Waals surface area contributed by atoms with E-state index in [0.29, 0.717) is 6.61 Å². The number of aromatic hydroxyl groups is 1. The maximum Gasteiger partial charge on any atom is 0.309 e. The van der Waals surface area contributed by atoms with E-state index in [1.165, 1.54) is 0 Å². The van der Waals surface area contributed by atoms with Crippen LogP contribution < -0.4 is 0 Å². The van der Waals surface area contributed by atoms with Gasteiger partial charge in [0.2, 0.25) is 0 Å². The van der Waals surface area contributed by atoms with Crippen LogP contribution in [0.5, 0.6) is 5.75 Å². The van der Waals surface area contributed by atoms with Gasteiger partial charge in [-0.25, -0.2) is 0 Å². The molecule has 94 valence electrons. The van der Waals surface area contributed by atoms with Gasteiger partial charge in [-0.15, -0.1) is 0 Å². The van der Waals surface area contributed by atoms with Gasteiger partial charge in [-0.2, -0.15) is 0 Å². The molecular formula is C14H15NO3. The summed E-state index contributed by atoms with van der Waals surface area (Å²) in [5, 5.41) is 10.4. The lowest BCUT2D eigenvalue weighted by Gasteiger charge is -1.99. The Morgan fingerprint density at radius 2 is 2.33 bits per heavy atom. The highest BCUT2D eigenvalue weighted by Gasteiger charge is 2.46. The van der Waals surface area contributed by atoms with Crippen LogP contribution in [0.1, 0.15) is 25.0 Å². The van der Waals surface area contributed by atoms with E-state index in [0.717, 1.165) is 23.0 Å². The second kappa shape index (κ2) is 4.05. The maximum atomic E-state index is 11.6. The summed E-state index contributed by atoms with van der Waals surface area (Å²) in [5.41, 5.74) is 2.03. The van der Waals surface area contributed by atoms with Crippen molar-refractivity contribution in [1.29, 1.82) is 0 Å². The number of esters is 1. The van der Waals surface area contributed by atoms with E-state index in [9.17, 15) is 9.90 Å². The van der Waals surface area contributed by atoms with Crippen molar-refractivity contribution >= 4 is 16.9 Å². The van der Waals surface area contributed by atoms with Gasteiger partial charge in [0.05, 0.1) is 12.5 Å². The van der Waals surface area contributed by atoms with Crippen molar-refractivity contribution in [1.82, 2.24) is 4.98 Å². The molecule has 0 amide bonds. The number of benzene rings is 1. The number of hydrogen-bond donors (Lipinski definition) is 2. The van der Waals surface area contributed by atoms with E-state index >= 15 is 0 Å². The third-order valence-electron chi connectivity index (χ3n) is 3.40. The van der Waals surface area contributed by atoms with E-state index in [-0.39, 0.29) is 23.6 Å². The summed E-state index contributed by atoms with van der Waals surface area (Å²) >= 11 is 0. The van der Waals surface area contributed by atoms with Crippen LogP contribution in [0.2, 0.25) is 0 Å². The SMILES string of the molecule is CCOC(=O)C1CC1c1cc2cc(O)ccc2[nH]1. The molecule has 1 heterocycles. The predicted molar refractivity (Wildman–Crippen MR) is 67.4 cm³/mol. The molecule has 3 rings (SSSR count). The van der Waals surface area contributed by atoms with Gasteiger partial charge >= 0.3 is 5.97 Å². The van der Waals surface area contributed by atoms with Gasteiger partial charge in [-0.05, 0) is 37.6 Å². The quantitative estimate of drug-likeness (QED) is 0.817. The number of carbonyl (C=O) groups is 1. The Labute approximate surface area is 105 Å². The van der Waals surface area contributed by atoms with Crippen LogP contribution >= 0.6 is 0 Å². The fourth-order valence-corrected chi connectivity index (χ4v) is 2.39. The Hall–Kier alpha value is -1.97. The van der Waals surface area contributed by atoms with Crippen LogP contribution in [0.3, 0.4) is 0 Å². The molecule has 1 aliphatic rings. The van der Waals surface area contributed by atoms with Crippen LogP contribution in [0.4, 0.5) is 0 Å². The second-order valence-corrected chi connectivity index (χ2v) is 4.70. The molecular weight excluding hydrogens is 230 g/mol. The number of aromatic nitrogens is 1. The smallest absolute Gasteiger partial charge is 0.309 e. The first-order chi connectivity index (χ1) is 8.69. The van der Waals surface area contributed by atoms with Crippen molar-refractivity contribution in [2.24, 2.45) is 5.92 Å². The lowest BCUT2D eigenvalue weighted by atomic mass is 10.2. The molecule has 2 atom stereocenters. The van der Waals surface area contributed by atoms with Gasteiger partial charge in [0.25, 0.3) is 0 Å². The molecule has 1 aromatic heterocycles. The Morgan fingerprint density at radius 3 is 3.11 bits per heavy atom. The Morgan fingerprint density at radius 1 is 1.50 bits per heavy atom. The first-order valence-corrected chi connectivity index (χ1v) is 6.17. The van der Waals surface area contributed by atoms with Gasteiger partial charge in [-0.3, -0.25) is 4.79 Å². The highest BCUT2D eigenvalue weighted by Crippen LogP contribution is 2.48. The number of carbonyl (C=O) groups excluding carboxylic acids is 1. The van der Waals surface area contributed by atoms with Crippen molar-refractivity contribution in [3.63, 3.8) is 0 Å². The first kappa shape index (κ1) is 11.1. The Bertz CT molecular complexity index is 602. The van der Waals surface area contributed by atoms with Crippen LogP contribution in [0.25, 0.3) is 10.9 Å². The third-order valence-corrected chi connectivity index (χ3v) is 3.40. The van der Waals surface area contributed by atoms with Crippen molar-refractivity contribution in [2.45, 2.75) is 19.3 Å². The van der Waals surface area contributed by atoms with Crippen molar-refractivity contribution < 1.29 is 14.6 Å². The highest BCUT2D eigenvalue weighted by molar-refractivity contribution is 5.83. The minimum atomic E-state index is -0.107. The number of hydrogen-bond acceptors (Lipinski definition) is 3. The van der Waals surface area contributed by atoms with Crippen molar-refractivity contribution in [3.05, 3.63) is 30.0 Å². The van der Waals surface area contributed by atoms with Gasteiger partial charge < -0.3 is 14.8 Å². The normalized spacial score (nSPS) is 22.1. The molecule has 2 N–H and O–H groups in total. The molecule has 0 saturated heterocycles. The molecule has 4 nitrogen and oxygen atoms in total. The van der Waals surface area contributed by atoms with E-state index in [1.807, 2.05) is 19.1 Å². The van der Waals surface area contributed by atoms with Crippen LogP contribution in [0, 0.1) is 5.92 Å². The van der Waals surface area contributed by atoms with Gasteiger partial charge in [0.15, 0.2) is 0 Å². The molecule has 1 fully saturated rings. The number of fused-ring (bicyclic) bond motifs is 1.